The molecule has 2 aromatic rings. The highest BCUT2D eigenvalue weighted by Crippen LogP contribution is 2.25. The highest BCUT2D eigenvalue weighted by atomic mass is 16.5. The fourth-order valence-corrected chi connectivity index (χ4v) is 1.72. The smallest absolute Gasteiger partial charge is 0.244 e. The van der Waals surface area contributed by atoms with E-state index in [1.165, 1.54) is 0 Å². The van der Waals surface area contributed by atoms with Crippen molar-refractivity contribution in [2.75, 3.05) is 44.9 Å². The second-order valence-electron chi connectivity index (χ2n) is 4.72. The van der Waals surface area contributed by atoms with Crippen LogP contribution in [0.2, 0.25) is 0 Å². The molecule has 112 valence electrons. The van der Waals surface area contributed by atoms with Crippen LogP contribution in [0.1, 0.15) is 0 Å². The number of likely N-dealkylation sites (N-methyl/N-ethyl adjacent to an activating group) is 1. The quantitative estimate of drug-likeness (QED) is 0.801. The van der Waals surface area contributed by atoms with Crippen molar-refractivity contribution >= 4 is 17.5 Å². The summed E-state index contributed by atoms with van der Waals surface area (Å²) in [7, 11) is 5.66. The molecule has 0 unspecified atom stereocenters. The third-order valence-corrected chi connectivity index (χ3v) is 2.77. The molecule has 0 aliphatic rings. The lowest BCUT2D eigenvalue weighted by atomic mass is 10.3. The van der Waals surface area contributed by atoms with Gasteiger partial charge in [-0.25, -0.2) is 0 Å². The van der Waals surface area contributed by atoms with Crippen LogP contribution in [-0.4, -0.2) is 54.4 Å². The van der Waals surface area contributed by atoms with Crippen LogP contribution < -0.4 is 15.4 Å². The zero-order chi connectivity index (χ0) is 15.1. The maximum atomic E-state index is 5.29. The first kappa shape index (κ1) is 15.0. The number of hydrogen-bond donors (Lipinski definition) is 2. The van der Waals surface area contributed by atoms with Gasteiger partial charge < -0.3 is 20.3 Å². The Morgan fingerprint density at radius 3 is 2.81 bits per heavy atom. The Hall–Kier alpha value is -2.41. The molecule has 2 N–H and O–H groups in total. The maximum Gasteiger partial charge on any atom is 0.244 e. The van der Waals surface area contributed by atoms with E-state index in [0.29, 0.717) is 11.8 Å². The normalized spacial score (nSPS) is 10.5. The molecule has 1 heterocycles. The molecule has 21 heavy (non-hydrogen) atoms. The summed E-state index contributed by atoms with van der Waals surface area (Å²) in [6, 6.07) is 7.64. The van der Waals surface area contributed by atoms with Gasteiger partial charge in [-0.2, -0.15) is 10.1 Å². The molecule has 0 bridgehead atoms. The van der Waals surface area contributed by atoms with Crippen LogP contribution in [0, 0.1) is 0 Å². The van der Waals surface area contributed by atoms with Crippen molar-refractivity contribution in [3.8, 4) is 5.75 Å². The van der Waals surface area contributed by atoms with Gasteiger partial charge in [0, 0.05) is 13.1 Å². The molecule has 7 heteroatoms. The number of methoxy groups -OCH3 is 1. The topological polar surface area (TPSA) is 75.2 Å². The van der Waals surface area contributed by atoms with Gasteiger partial charge in [-0.1, -0.05) is 12.1 Å². The summed E-state index contributed by atoms with van der Waals surface area (Å²) in [5.41, 5.74) is 0.833. The van der Waals surface area contributed by atoms with Crippen LogP contribution in [-0.2, 0) is 0 Å². The van der Waals surface area contributed by atoms with Crippen LogP contribution in [0.3, 0.4) is 0 Å². The predicted molar refractivity (Wildman–Crippen MR) is 83.1 cm³/mol. The van der Waals surface area contributed by atoms with Gasteiger partial charge in [0.15, 0.2) is 5.82 Å². The van der Waals surface area contributed by atoms with E-state index in [9.17, 15) is 0 Å². The summed E-state index contributed by atoms with van der Waals surface area (Å²) in [5.74, 6) is 1.86. The van der Waals surface area contributed by atoms with Crippen molar-refractivity contribution in [3.05, 3.63) is 30.5 Å². The van der Waals surface area contributed by atoms with Crippen molar-refractivity contribution in [1.29, 1.82) is 0 Å². The molecule has 0 atom stereocenters. The van der Waals surface area contributed by atoms with Gasteiger partial charge in [-0.05, 0) is 26.2 Å². The van der Waals surface area contributed by atoms with Crippen LogP contribution >= 0.6 is 0 Å². The number of para-hydroxylation sites is 2. The summed E-state index contributed by atoms with van der Waals surface area (Å²) in [6.07, 6.45) is 1.57. The van der Waals surface area contributed by atoms with Gasteiger partial charge in [-0.3, -0.25) is 0 Å². The lowest BCUT2D eigenvalue weighted by molar-refractivity contribution is 0.417. The van der Waals surface area contributed by atoms with Gasteiger partial charge >= 0.3 is 0 Å². The minimum Gasteiger partial charge on any atom is -0.495 e. The Morgan fingerprint density at radius 2 is 2.05 bits per heavy atom. The van der Waals surface area contributed by atoms with E-state index in [2.05, 4.69) is 30.7 Å². The predicted octanol–water partition coefficient (Wildman–Crippen LogP) is 1.60. The van der Waals surface area contributed by atoms with Gasteiger partial charge in [0.05, 0.1) is 19.0 Å². The Labute approximate surface area is 124 Å². The molecular weight excluding hydrogens is 268 g/mol. The number of nitrogens with one attached hydrogen (secondary N) is 2. The average molecular weight is 288 g/mol. The Morgan fingerprint density at radius 1 is 1.24 bits per heavy atom. The molecule has 0 fully saturated rings. The first-order valence-corrected chi connectivity index (χ1v) is 6.67. The summed E-state index contributed by atoms with van der Waals surface area (Å²) >= 11 is 0. The summed E-state index contributed by atoms with van der Waals surface area (Å²) in [6.45, 7) is 1.65. The fourth-order valence-electron chi connectivity index (χ4n) is 1.72. The van der Waals surface area contributed by atoms with Crippen molar-refractivity contribution in [2.24, 2.45) is 0 Å². The second-order valence-corrected chi connectivity index (χ2v) is 4.72. The highest BCUT2D eigenvalue weighted by Gasteiger charge is 2.05. The van der Waals surface area contributed by atoms with Crippen LogP contribution in [0.4, 0.5) is 17.5 Å². The van der Waals surface area contributed by atoms with E-state index in [0.717, 1.165) is 24.5 Å². The molecular formula is C14H20N6O. The lowest BCUT2D eigenvalue weighted by Crippen LogP contribution is -2.21. The minimum atomic E-state index is 0.497. The third-order valence-electron chi connectivity index (χ3n) is 2.77. The molecule has 0 aliphatic carbocycles. The molecule has 7 nitrogen and oxygen atoms in total. The monoisotopic (exact) mass is 288 g/mol. The van der Waals surface area contributed by atoms with Crippen molar-refractivity contribution in [3.63, 3.8) is 0 Å². The first-order chi connectivity index (χ1) is 10.2. The minimum absolute atomic E-state index is 0.497. The third kappa shape index (κ3) is 4.57. The van der Waals surface area contributed by atoms with Crippen LogP contribution in [0.5, 0.6) is 5.75 Å². The Bertz CT molecular complexity index is 575. The van der Waals surface area contributed by atoms with E-state index in [4.69, 9.17) is 4.74 Å². The number of ether oxygens (including phenoxy) is 1. The molecule has 0 radical (unpaired) electrons. The van der Waals surface area contributed by atoms with Crippen molar-refractivity contribution in [1.82, 2.24) is 20.1 Å². The van der Waals surface area contributed by atoms with Gasteiger partial charge in [-0.15, -0.1) is 5.10 Å². The van der Waals surface area contributed by atoms with E-state index in [1.807, 2.05) is 38.4 Å². The maximum absolute atomic E-state index is 5.29. The summed E-state index contributed by atoms with van der Waals surface area (Å²) in [5, 5.41) is 14.2. The molecule has 0 spiro atoms. The second kappa shape index (κ2) is 7.39. The van der Waals surface area contributed by atoms with Crippen LogP contribution in [0.15, 0.2) is 30.5 Å². The van der Waals surface area contributed by atoms with Gasteiger partial charge in [0.25, 0.3) is 0 Å². The molecule has 0 amide bonds. The van der Waals surface area contributed by atoms with Crippen molar-refractivity contribution < 1.29 is 4.74 Å². The fraction of sp³-hybridized carbons (Fsp3) is 0.357. The lowest BCUT2D eigenvalue weighted by Gasteiger charge is -2.12. The van der Waals surface area contributed by atoms with Gasteiger partial charge in [0.2, 0.25) is 5.95 Å². The van der Waals surface area contributed by atoms with Crippen LogP contribution in [0.25, 0.3) is 0 Å². The average Bonchev–Trinajstić information content (AvgIpc) is 2.48. The number of nitrogens with zero attached hydrogens (tertiary/aromatic N) is 4. The largest absolute Gasteiger partial charge is 0.495 e. The Kier molecular flexibility index (Phi) is 5.28. The van der Waals surface area contributed by atoms with Gasteiger partial charge in [0.1, 0.15) is 5.75 Å². The first-order valence-electron chi connectivity index (χ1n) is 6.67. The van der Waals surface area contributed by atoms with E-state index in [-0.39, 0.29) is 0 Å². The molecule has 1 aromatic heterocycles. The number of rotatable bonds is 7. The zero-order valence-electron chi connectivity index (χ0n) is 12.5. The standard InChI is InChI=1S/C14H20N6O/c1-20(2)9-8-15-14-18-13(10-16-19-14)17-11-6-4-5-7-12(11)21-3/h4-7,10H,8-9H2,1-3H3,(H2,15,17,18,19). The van der Waals surface area contributed by atoms with Crippen molar-refractivity contribution in [2.45, 2.75) is 0 Å². The molecule has 1 aromatic carbocycles. The molecule has 2 rings (SSSR count). The summed E-state index contributed by atoms with van der Waals surface area (Å²) < 4.78 is 5.29. The van der Waals surface area contributed by atoms with E-state index >= 15 is 0 Å². The highest BCUT2D eigenvalue weighted by molar-refractivity contribution is 5.63. The number of aromatic nitrogens is 3. The zero-order valence-corrected chi connectivity index (χ0v) is 12.5. The molecule has 0 saturated carbocycles. The molecule has 0 saturated heterocycles. The molecule has 0 aliphatic heterocycles. The summed E-state index contributed by atoms with van der Waals surface area (Å²) in [4.78, 5) is 6.45. The number of anilines is 3. The number of benzene rings is 1. The number of hydrogen-bond acceptors (Lipinski definition) is 7. The van der Waals surface area contributed by atoms with E-state index in [1.54, 1.807) is 13.3 Å². The Balaban J connectivity index is 2.03. The SMILES string of the molecule is COc1ccccc1Nc1cnnc(NCCN(C)C)n1. The van der Waals surface area contributed by atoms with E-state index < -0.39 is 0 Å².